The zero-order chi connectivity index (χ0) is 19.2. The predicted octanol–water partition coefficient (Wildman–Crippen LogP) is 3.27. The van der Waals surface area contributed by atoms with Crippen LogP contribution in [0.2, 0.25) is 0 Å². The van der Waals surface area contributed by atoms with Crippen molar-refractivity contribution in [2.45, 2.75) is 31.3 Å². The maximum absolute atomic E-state index is 4.57. The molecule has 1 aromatic carbocycles. The Balaban J connectivity index is 1.27. The van der Waals surface area contributed by atoms with Crippen molar-refractivity contribution in [2.24, 2.45) is 0 Å². The highest BCUT2D eigenvalue weighted by atomic mass is 32.1. The SMILES string of the molecule is c1cnn(-c2ccc(-c3ccc(N4CCC(NC5CC5)C4)nn3)c3scnc23)c1. The molecule has 1 atom stereocenters. The molecule has 8 heteroatoms. The van der Waals surface area contributed by atoms with Crippen molar-refractivity contribution in [3.05, 3.63) is 48.2 Å². The highest BCUT2D eigenvalue weighted by molar-refractivity contribution is 7.17. The number of benzene rings is 1. The molecule has 2 fully saturated rings. The highest BCUT2D eigenvalue weighted by Crippen LogP contribution is 2.34. The number of aromatic nitrogens is 5. The Kier molecular flexibility index (Phi) is 4.05. The third-order valence-corrected chi connectivity index (χ3v) is 6.56. The molecule has 4 aromatic rings. The van der Waals surface area contributed by atoms with Crippen LogP contribution in [-0.2, 0) is 0 Å². The van der Waals surface area contributed by atoms with E-state index in [1.807, 2.05) is 22.5 Å². The van der Waals surface area contributed by atoms with E-state index in [4.69, 9.17) is 0 Å². The van der Waals surface area contributed by atoms with Crippen molar-refractivity contribution < 1.29 is 0 Å². The Bertz CT molecular complexity index is 1130. The van der Waals surface area contributed by atoms with E-state index in [1.54, 1.807) is 17.5 Å². The zero-order valence-corrected chi connectivity index (χ0v) is 16.7. The molecule has 1 aliphatic heterocycles. The van der Waals surface area contributed by atoms with Crippen LogP contribution in [0, 0.1) is 0 Å². The molecule has 6 rings (SSSR count). The van der Waals surface area contributed by atoms with Crippen LogP contribution < -0.4 is 10.2 Å². The number of hydrogen-bond donors (Lipinski definition) is 1. The summed E-state index contributed by atoms with van der Waals surface area (Å²) in [4.78, 5) is 6.91. The Morgan fingerprint density at radius 3 is 2.79 bits per heavy atom. The van der Waals surface area contributed by atoms with Gasteiger partial charge in [-0.15, -0.1) is 21.5 Å². The molecule has 7 nitrogen and oxygen atoms in total. The van der Waals surface area contributed by atoms with E-state index >= 15 is 0 Å². The predicted molar refractivity (Wildman–Crippen MR) is 115 cm³/mol. The first kappa shape index (κ1) is 17.1. The van der Waals surface area contributed by atoms with Crippen molar-refractivity contribution in [2.75, 3.05) is 18.0 Å². The molecule has 29 heavy (non-hydrogen) atoms. The topological polar surface area (TPSA) is 71.8 Å². The van der Waals surface area contributed by atoms with Gasteiger partial charge in [-0.3, -0.25) is 0 Å². The lowest BCUT2D eigenvalue weighted by atomic mass is 10.1. The summed E-state index contributed by atoms with van der Waals surface area (Å²) < 4.78 is 2.95. The molecule has 1 unspecified atom stereocenters. The van der Waals surface area contributed by atoms with Crippen LogP contribution in [0.4, 0.5) is 5.82 Å². The fourth-order valence-electron chi connectivity index (χ4n) is 4.06. The minimum atomic E-state index is 0.579. The summed E-state index contributed by atoms with van der Waals surface area (Å²) in [5.41, 5.74) is 5.73. The molecular formula is C21H21N7S. The Morgan fingerprint density at radius 1 is 1.03 bits per heavy atom. The molecule has 146 valence electrons. The number of nitrogens with zero attached hydrogens (tertiary/aromatic N) is 6. The van der Waals surface area contributed by atoms with E-state index in [2.05, 4.69) is 54.8 Å². The van der Waals surface area contributed by atoms with Crippen LogP contribution in [0.5, 0.6) is 0 Å². The summed E-state index contributed by atoms with van der Waals surface area (Å²) in [6, 6.07) is 11.6. The monoisotopic (exact) mass is 403 g/mol. The molecule has 4 heterocycles. The third kappa shape index (κ3) is 3.18. The molecule has 1 saturated heterocycles. The van der Waals surface area contributed by atoms with Gasteiger partial charge in [-0.25, -0.2) is 9.67 Å². The number of nitrogens with one attached hydrogen (secondary N) is 1. The molecule has 0 spiro atoms. The molecule has 3 aromatic heterocycles. The molecule has 1 aliphatic carbocycles. The fourth-order valence-corrected chi connectivity index (χ4v) is 4.89. The van der Waals surface area contributed by atoms with Crippen molar-refractivity contribution >= 4 is 27.4 Å². The van der Waals surface area contributed by atoms with Gasteiger partial charge in [0, 0.05) is 43.1 Å². The van der Waals surface area contributed by atoms with Crippen molar-refractivity contribution in [3.63, 3.8) is 0 Å². The first-order valence-electron chi connectivity index (χ1n) is 10.1. The summed E-state index contributed by atoms with van der Waals surface area (Å²) in [5.74, 6) is 0.961. The summed E-state index contributed by atoms with van der Waals surface area (Å²) >= 11 is 1.62. The normalized spacial score (nSPS) is 19.3. The summed E-state index contributed by atoms with van der Waals surface area (Å²) in [6.45, 7) is 2.05. The second kappa shape index (κ2) is 6.89. The Hall–Kier alpha value is -2.84. The number of thiazole rings is 1. The van der Waals surface area contributed by atoms with Gasteiger partial charge >= 0.3 is 0 Å². The number of anilines is 1. The quantitative estimate of drug-likeness (QED) is 0.551. The Labute approximate surface area is 172 Å². The first-order valence-corrected chi connectivity index (χ1v) is 10.9. The minimum Gasteiger partial charge on any atom is -0.354 e. The lowest BCUT2D eigenvalue weighted by Gasteiger charge is -2.17. The van der Waals surface area contributed by atoms with Gasteiger partial charge in [0.2, 0.25) is 0 Å². The fraction of sp³-hybridized carbons (Fsp3) is 0.333. The maximum atomic E-state index is 4.57. The van der Waals surface area contributed by atoms with E-state index in [0.717, 1.165) is 52.1 Å². The largest absolute Gasteiger partial charge is 0.354 e. The van der Waals surface area contributed by atoms with Crippen LogP contribution in [0.25, 0.3) is 27.2 Å². The van der Waals surface area contributed by atoms with E-state index in [0.29, 0.717) is 6.04 Å². The average Bonchev–Trinajstić information content (AvgIpc) is 3.19. The summed E-state index contributed by atoms with van der Waals surface area (Å²) in [6.07, 6.45) is 7.55. The molecule has 1 N–H and O–H groups in total. The zero-order valence-electron chi connectivity index (χ0n) is 15.9. The number of hydrogen-bond acceptors (Lipinski definition) is 7. The van der Waals surface area contributed by atoms with Crippen molar-refractivity contribution in [3.8, 4) is 16.9 Å². The van der Waals surface area contributed by atoms with Gasteiger partial charge in [0.25, 0.3) is 0 Å². The smallest absolute Gasteiger partial charge is 0.151 e. The van der Waals surface area contributed by atoms with Gasteiger partial charge in [-0.2, -0.15) is 5.10 Å². The Morgan fingerprint density at radius 2 is 2.00 bits per heavy atom. The van der Waals surface area contributed by atoms with Gasteiger partial charge in [0.15, 0.2) is 5.82 Å². The van der Waals surface area contributed by atoms with Gasteiger partial charge in [-0.05, 0) is 49.6 Å². The van der Waals surface area contributed by atoms with Crippen LogP contribution in [0.15, 0.2) is 48.2 Å². The van der Waals surface area contributed by atoms with Gasteiger partial charge in [0.05, 0.1) is 21.6 Å². The highest BCUT2D eigenvalue weighted by Gasteiger charge is 2.29. The standard InChI is InChI=1S/C21H21N7S/c1-9-23-28(10-1)18-6-4-16(21-20(18)22-13-29-21)17-5-7-19(26-25-17)27-11-8-15(12-27)24-14-2-3-14/h1,4-7,9-10,13-15,24H,2-3,8,11-12H2. The van der Waals surface area contributed by atoms with Crippen LogP contribution >= 0.6 is 11.3 Å². The van der Waals surface area contributed by atoms with Gasteiger partial charge in [0.1, 0.15) is 5.52 Å². The van der Waals surface area contributed by atoms with E-state index in [1.165, 1.54) is 19.3 Å². The van der Waals surface area contributed by atoms with E-state index in [9.17, 15) is 0 Å². The number of fused-ring (bicyclic) bond motifs is 1. The summed E-state index contributed by atoms with van der Waals surface area (Å²) in [5, 5.41) is 17.2. The van der Waals surface area contributed by atoms with Gasteiger partial charge in [-0.1, -0.05) is 0 Å². The molecule has 0 bridgehead atoms. The van der Waals surface area contributed by atoms with Gasteiger partial charge < -0.3 is 10.2 Å². The molecular weight excluding hydrogens is 382 g/mol. The van der Waals surface area contributed by atoms with Crippen LogP contribution in [0.1, 0.15) is 19.3 Å². The average molecular weight is 404 g/mol. The summed E-state index contributed by atoms with van der Waals surface area (Å²) in [7, 11) is 0. The molecule has 0 radical (unpaired) electrons. The number of rotatable bonds is 5. The van der Waals surface area contributed by atoms with Crippen molar-refractivity contribution in [1.29, 1.82) is 0 Å². The van der Waals surface area contributed by atoms with Crippen LogP contribution in [0.3, 0.4) is 0 Å². The molecule has 2 aliphatic rings. The lowest BCUT2D eigenvalue weighted by molar-refractivity contribution is 0.548. The minimum absolute atomic E-state index is 0.579. The van der Waals surface area contributed by atoms with Crippen molar-refractivity contribution in [1.82, 2.24) is 30.3 Å². The second-order valence-electron chi connectivity index (χ2n) is 7.76. The molecule has 1 saturated carbocycles. The third-order valence-electron chi connectivity index (χ3n) is 5.70. The molecule has 0 amide bonds. The maximum Gasteiger partial charge on any atom is 0.151 e. The second-order valence-corrected chi connectivity index (χ2v) is 8.62. The first-order chi connectivity index (χ1) is 14.3. The van der Waals surface area contributed by atoms with E-state index in [-0.39, 0.29) is 0 Å². The van der Waals surface area contributed by atoms with E-state index < -0.39 is 0 Å². The van der Waals surface area contributed by atoms with Crippen LogP contribution in [-0.4, -0.2) is 50.1 Å². The lowest BCUT2D eigenvalue weighted by Crippen LogP contribution is -2.34.